The molecule has 1 aliphatic rings. The number of rotatable bonds is 3. The van der Waals surface area contributed by atoms with Crippen molar-refractivity contribution in [1.29, 1.82) is 0 Å². The lowest BCUT2D eigenvalue weighted by molar-refractivity contribution is 0.0903. The fourth-order valence-electron chi connectivity index (χ4n) is 2.56. The molecule has 3 rings (SSSR count). The first-order chi connectivity index (χ1) is 9.84. The highest BCUT2D eigenvalue weighted by atomic mass is 35.5. The molecule has 5 heteroatoms. The minimum atomic E-state index is -0.137. The van der Waals surface area contributed by atoms with Crippen LogP contribution in [0.4, 0.5) is 0 Å². The normalized spacial score (nSPS) is 17.8. The van der Waals surface area contributed by atoms with Crippen molar-refractivity contribution in [3.63, 3.8) is 0 Å². The van der Waals surface area contributed by atoms with Crippen LogP contribution in [-0.2, 0) is 0 Å². The van der Waals surface area contributed by atoms with Crippen LogP contribution in [0.2, 0.25) is 0 Å². The molecule has 112 valence electrons. The van der Waals surface area contributed by atoms with Crippen molar-refractivity contribution in [2.75, 3.05) is 13.1 Å². The third kappa shape index (κ3) is 3.65. The number of hydrogen-bond acceptors (Lipinski definition) is 3. The first kappa shape index (κ1) is 15.6. The van der Waals surface area contributed by atoms with Crippen LogP contribution in [0.1, 0.15) is 23.4 Å². The largest absolute Gasteiger partial charge is 0.459 e. The lowest BCUT2D eigenvalue weighted by Crippen LogP contribution is -2.45. The summed E-state index contributed by atoms with van der Waals surface area (Å²) in [5, 5.41) is 6.32. The van der Waals surface area contributed by atoms with Crippen LogP contribution >= 0.6 is 12.4 Å². The molecule has 1 aromatic carbocycles. The van der Waals surface area contributed by atoms with Gasteiger partial charge in [0.2, 0.25) is 0 Å². The van der Waals surface area contributed by atoms with E-state index in [4.69, 9.17) is 4.42 Å². The Hall–Kier alpha value is -1.78. The van der Waals surface area contributed by atoms with Crippen molar-refractivity contribution in [2.24, 2.45) is 0 Å². The SMILES string of the molecule is Cl.O=C(N[C@H]1CCCNC1)c1occc1-c1ccccc1. The molecule has 4 nitrogen and oxygen atoms in total. The van der Waals surface area contributed by atoms with Crippen molar-refractivity contribution in [1.82, 2.24) is 10.6 Å². The minimum Gasteiger partial charge on any atom is -0.459 e. The second-order valence-electron chi connectivity index (χ2n) is 5.05. The maximum absolute atomic E-state index is 12.3. The van der Waals surface area contributed by atoms with E-state index in [1.807, 2.05) is 36.4 Å². The fraction of sp³-hybridized carbons (Fsp3) is 0.312. The molecular formula is C16H19ClN2O2. The van der Waals surface area contributed by atoms with Gasteiger partial charge in [0.05, 0.1) is 6.26 Å². The van der Waals surface area contributed by atoms with E-state index in [0.717, 1.165) is 37.1 Å². The van der Waals surface area contributed by atoms with Gasteiger partial charge in [0, 0.05) is 18.2 Å². The quantitative estimate of drug-likeness (QED) is 0.917. The molecule has 0 unspecified atom stereocenters. The summed E-state index contributed by atoms with van der Waals surface area (Å²) in [6, 6.07) is 11.8. The van der Waals surface area contributed by atoms with Crippen LogP contribution in [0, 0.1) is 0 Å². The molecule has 2 aromatic rings. The van der Waals surface area contributed by atoms with Gasteiger partial charge < -0.3 is 15.1 Å². The summed E-state index contributed by atoms with van der Waals surface area (Å²) in [6.07, 6.45) is 3.67. The number of furan rings is 1. The number of carbonyl (C=O) groups excluding carboxylic acids is 1. The van der Waals surface area contributed by atoms with Crippen LogP contribution in [0.3, 0.4) is 0 Å². The first-order valence-corrected chi connectivity index (χ1v) is 6.99. The Morgan fingerprint density at radius 3 is 2.76 bits per heavy atom. The molecule has 1 saturated heterocycles. The molecule has 0 spiro atoms. The van der Waals surface area contributed by atoms with Crippen LogP contribution in [0.25, 0.3) is 11.1 Å². The molecule has 0 saturated carbocycles. The highest BCUT2D eigenvalue weighted by molar-refractivity contribution is 5.98. The van der Waals surface area contributed by atoms with Crippen molar-refractivity contribution in [3.05, 3.63) is 48.4 Å². The van der Waals surface area contributed by atoms with E-state index in [2.05, 4.69) is 10.6 Å². The van der Waals surface area contributed by atoms with Gasteiger partial charge >= 0.3 is 0 Å². The predicted octanol–water partition coefficient (Wildman–Crippen LogP) is 2.85. The van der Waals surface area contributed by atoms with Gasteiger partial charge in [-0.05, 0) is 31.0 Å². The van der Waals surface area contributed by atoms with Crippen LogP contribution in [0.5, 0.6) is 0 Å². The van der Waals surface area contributed by atoms with Gasteiger partial charge in [0.25, 0.3) is 5.91 Å². The van der Waals surface area contributed by atoms with E-state index in [-0.39, 0.29) is 24.4 Å². The van der Waals surface area contributed by atoms with Crippen molar-refractivity contribution < 1.29 is 9.21 Å². The standard InChI is InChI=1S/C16H18N2O2.ClH/c19-16(18-13-7-4-9-17-11-13)15-14(8-10-20-15)12-5-2-1-3-6-12;/h1-3,5-6,8,10,13,17H,4,7,9,11H2,(H,18,19);1H/t13-;/m0./s1. The smallest absolute Gasteiger partial charge is 0.287 e. The second kappa shape index (κ2) is 7.29. The lowest BCUT2D eigenvalue weighted by atomic mass is 10.0. The third-order valence-electron chi connectivity index (χ3n) is 3.59. The number of halogens is 1. The average molecular weight is 307 g/mol. The Kier molecular flexibility index (Phi) is 5.42. The van der Waals surface area contributed by atoms with E-state index in [0.29, 0.717) is 5.76 Å². The van der Waals surface area contributed by atoms with Gasteiger partial charge in [0.1, 0.15) is 0 Å². The molecule has 21 heavy (non-hydrogen) atoms. The number of hydrogen-bond donors (Lipinski definition) is 2. The molecule has 0 bridgehead atoms. The van der Waals surface area contributed by atoms with Gasteiger partial charge in [-0.3, -0.25) is 4.79 Å². The van der Waals surface area contributed by atoms with E-state index < -0.39 is 0 Å². The summed E-state index contributed by atoms with van der Waals surface area (Å²) in [6.45, 7) is 1.86. The summed E-state index contributed by atoms with van der Waals surface area (Å²) in [4.78, 5) is 12.3. The topological polar surface area (TPSA) is 54.3 Å². The Balaban J connectivity index is 0.00000161. The zero-order valence-electron chi connectivity index (χ0n) is 11.7. The molecular weight excluding hydrogens is 288 g/mol. The van der Waals surface area contributed by atoms with Crippen LogP contribution in [0.15, 0.2) is 47.1 Å². The molecule has 2 N–H and O–H groups in total. The zero-order chi connectivity index (χ0) is 13.8. The summed E-state index contributed by atoms with van der Waals surface area (Å²) >= 11 is 0. The number of nitrogens with one attached hydrogen (secondary N) is 2. The maximum Gasteiger partial charge on any atom is 0.287 e. The summed E-state index contributed by atoms with van der Waals surface area (Å²) < 4.78 is 5.39. The van der Waals surface area contributed by atoms with Gasteiger partial charge in [-0.25, -0.2) is 0 Å². The Morgan fingerprint density at radius 1 is 1.24 bits per heavy atom. The van der Waals surface area contributed by atoms with Gasteiger partial charge in [-0.15, -0.1) is 12.4 Å². The van der Waals surface area contributed by atoms with E-state index in [9.17, 15) is 4.79 Å². The highest BCUT2D eigenvalue weighted by Gasteiger charge is 2.21. The molecule has 1 fully saturated rings. The van der Waals surface area contributed by atoms with Gasteiger partial charge in [-0.1, -0.05) is 30.3 Å². The Labute approximate surface area is 130 Å². The number of piperidine rings is 1. The molecule has 2 heterocycles. The monoisotopic (exact) mass is 306 g/mol. The molecule has 0 aliphatic carbocycles. The fourth-order valence-corrected chi connectivity index (χ4v) is 2.56. The summed E-state index contributed by atoms with van der Waals surface area (Å²) in [5.74, 6) is 0.254. The molecule has 1 aromatic heterocycles. The van der Waals surface area contributed by atoms with Crippen LogP contribution < -0.4 is 10.6 Å². The number of amides is 1. The second-order valence-corrected chi connectivity index (χ2v) is 5.05. The van der Waals surface area contributed by atoms with Crippen molar-refractivity contribution in [3.8, 4) is 11.1 Å². The van der Waals surface area contributed by atoms with Crippen LogP contribution in [-0.4, -0.2) is 25.0 Å². The lowest BCUT2D eigenvalue weighted by Gasteiger charge is -2.23. The number of carbonyl (C=O) groups is 1. The summed E-state index contributed by atoms with van der Waals surface area (Å²) in [5.41, 5.74) is 1.83. The maximum atomic E-state index is 12.3. The third-order valence-corrected chi connectivity index (χ3v) is 3.59. The van der Waals surface area contributed by atoms with Gasteiger partial charge in [-0.2, -0.15) is 0 Å². The van der Waals surface area contributed by atoms with E-state index in [1.165, 1.54) is 0 Å². The summed E-state index contributed by atoms with van der Waals surface area (Å²) in [7, 11) is 0. The molecule has 1 aliphatic heterocycles. The molecule has 1 amide bonds. The van der Waals surface area contributed by atoms with Crippen molar-refractivity contribution in [2.45, 2.75) is 18.9 Å². The number of benzene rings is 1. The van der Waals surface area contributed by atoms with E-state index in [1.54, 1.807) is 6.26 Å². The molecule has 0 radical (unpaired) electrons. The molecule has 1 atom stereocenters. The van der Waals surface area contributed by atoms with Gasteiger partial charge in [0.15, 0.2) is 5.76 Å². The van der Waals surface area contributed by atoms with Crippen molar-refractivity contribution >= 4 is 18.3 Å². The minimum absolute atomic E-state index is 0. The first-order valence-electron chi connectivity index (χ1n) is 6.99. The Morgan fingerprint density at radius 2 is 2.05 bits per heavy atom. The predicted molar refractivity (Wildman–Crippen MR) is 84.7 cm³/mol. The highest BCUT2D eigenvalue weighted by Crippen LogP contribution is 2.24. The average Bonchev–Trinajstić information content (AvgIpc) is 2.99. The van der Waals surface area contributed by atoms with E-state index >= 15 is 0 Å². The Bertz CT molecular complexity index is 577. The zero-order valence-corrected chi connectivity index (χ0v) is 12.5.